The zero-order valence-electron chi connectivity index (χ0n) is 12.6. The van der Waals surface area contributed by atoms with Gasteiger partial charge in [0.1, 0.15) is 0 Å². The van der Waals surface area contributed by atoms with Crippen molar-refractivity contribution >= 4 is 0 Å². The van der Waals surface area contributed by atoms with E-state index in [4.69, 9.17) is 4.74 Å². The van der Waals surface area contributed by atoms with Gasteiger partial charge >= 0.3 is 0 Å². The van der Waals surface area contributed by atoms with E-state index in [-0.39, 0.29) is 5.60 Å². The lowest BCUT2D eigenvalue weighted by atomic mass is 9.66. The van der Waals surface area contributed by atoms with Crippen molar-refractivity contribution in [2.75, 3.05) is 20.2 Å². The van der Waals surface area contributed by atoms with Crippen LogP contribution in [0, 0.1) is 11.3 Å². The number of ether oxygens (including phenoxy) is 1. The molecule has 2 rings (SSSR count). The molecule has 2 aliphatic rings. The van der Waals surface area contributed by atoms with Crippen molar-refractivity contribution in [2.45, 2.75) is 70.8 Å². The third-order valence-corrected chi connectivity index (χ3v) is 5.38. The summed E-state index contributed by atoms with van der Waals surface area (Å²) in [6, 6.07) is 0. The highest BCUT2D eigenvalue weighted by molar-refractivity contribution is 4.93. The summed E-state index contributed by atoms with van der Waals surface area (Å²) in [6.07, 6.45) is 10.6. The molecule has 1 aliphatic heterocycles. The van der Waals surface area contributed by atoms with Gasteiger partial charge in [-0.1, -0.05) is 33.1 Å². The van der Waals surface area contributed by atoms with Crippen LogP contribution in [0.5, 0.6) is 0 Å². The minimum Gasteiger partial charge on any atom is -0.375 e. The Bertz CT molecular complexity index is 250. The molecule has 0 amide bonds. The van der Waals surface area contributed by atoms with Crippen LogP contribution < -0.4 is 5.32 Å². The first kappa shape index (κ1) is 14.3. The van der Waals surface area contributed by atoms with Crippen LogP contribution in [0.2, 0.25) is 0 Å². The van der Waals surface area contributed by atoms with E-state index in [2.05, 4.69) is 26.2 Å². The minimum atomic E-state index is 0.262. The van der Waals surface area contributed by atoms with Crippen LogP contribution in [-0.2, 0) is 4.74 Å². The first-order chi connectivity index (χ1) is 8.58. The molecule has 0 aromatic carbocycles. The van der Waals surface area contributed by atoms with Crippen molar-refractivity contribution in [1.82, 2.24) is 5.32 Å². The van der Waals surface area contributed by atoms with Crippen LogP contribution in [0.1, 0.15) is 65.2 Å². The lowest BCUT2D eigenvalue weighted by molar-refractivity contribution is -0.134. The van der Waals surface area contributed by atoms with Gasteiger partial charge in [0.15, 0.2) is 0 Å². The minimum absolute atomic E-state index is 0.262. The number of hydrogen-bond donors (Lipinski definition) is 1. The Hall–Kier alpha value is -0.0800. The van der Waals surface area contributed by atoms with Gasteiger partial charge in [0.2, 0.25) is 0 Å². The van der Waals surface area contributed by atoms with Crippen molar-refractivity contribution in [3.05, 3.63) is 0 Å². The predicted octanol–water partition coefficient (Wildman–Crippen LogP) is 3.75. The van der Waals surface area contributed by atoms with E-state index >= 15 is 0 Å². The average Bonchev–Trinajstić information content (AvgIpc) is 2.37. The summed E-state index contributed by atoms with van der Waals surface area (Å²) in [6.45, 7) is 7.04. The molecule has 2 heteroatoms. The number of rotatable bonds is 4. The Kier molecular flexibility index (Phi) is 4.71. The molecule has 2 fully saturated rings. The molecule has 1 spiro atoms. The molecule has 1 saturated heterocycles. The standard InChI is InChI=1S/C16H31NO/c1-15(2,10-11-17-3)14-7-12-18-16(13-14)8-5-4-6-9-16/h14,17H,4-13H2,1-3H3. The lowest BCUT2D eigenvalue weighted by Crippen LogP contribution is -2.45. The van der Waals surface area contributed by atoms with Gasteiger partial charge < -0.3 is 10.1 Å². The van der Waals surface area contributed by atoms with Crippen LogP contribution >= 0.6 is 0 Å². The van der Waals surface area contributed by atoms with Gasteiger partial charge in [-0.05, 0) is 57.0 Å². The van der Waals surface area contributed by atoms with E-state index < -0.39 is 0 Å². The molecule has 0 aromatic rings. The molecule has 18 heavy (non-hydrogen) atoms. The fraction of sp³-hybridized carbons (Fsp3) is 1.00. The van der Waals surface area contributed by atoms with Crippen molar-refractivity contribution in [3.8, 4) is 0 Å². The normalized spacial score (nSPS) is 28.5. The summed E-state index contributed by atoms with van der Waals surface area (Å²) in [5.41, 5.74) is 0.718. The molecule has 1 heterocycles. The van der Waals surface area contributed by atoms with Crippen LogP contribution in [0.15, 0.2) is 0 Å². The van der Waals surface area contributed by atoms with Gasteiger partial charge in [0, 0.05) is 6.61 Å². The Morgan fingerprint density at radius 1 is 1.22 bits per heavy atom. The van der Waals surface area contributed by atoms with Crippen LogP contribution in [0.4, 0.5) is 0 Å². The quantitative estimate of drug-likeness (QED) is 0.824. The molecule has 106 valence electrons. The second kappa shape index (κ2) is 5.92. The maximum Gasteiger partial charge on any atom is 0.0685 e. The SMILES string of the molecule is CNCCC(C)(C)C1CCOC2(CCCCC2)C1. The molecule has 1 aliphatic carbocycles. The smallest absolute Gasteiger partial charge is 0.0685 e. The summed E-state index contributed by atoms with van der Waals surface area (Å²) >= 11 is 0. The highest BCUT2D eigenvalue weighted by Gasteiger charge is 2.42. The Balaban J connectivity index is 1.96. The van der Waals surface area contributed by atoms with Crippen molar-refractivity contribution in [2.24, 2.45) is 11.3 Å². The Morgan fingerprint density at radius 2 is 1.94 bits per heavy atom. The summed E-state index contributed by atoms with van der Waals surface area (Å²) in [5.74, 6) is 0.845. The first-order valence-electron chi connectivity index (χ1n) is 7.87. The summed E-state index contributed by atoms with van der Waals surface area (Å²) < 4.78 is 6.22. The molecular formula is C16H31NO. The van der Waals surface area contributed by atoms with Crippen LogP contribution in [0.25, 0.3) is 0 Å². The first-order valence-corrected chi connectivity index (χ1v) is 7.87. The number of nitrogens with one attached hydrogen (secondary N) is 1. The van der Waals surface area contributed by atoms with Gasteiger partial charge in [-0.15, -0.1) is 0 Å². The van der Waals surface area contributed by atoms with Gasteiger partial charge in [-0.3, -0.25) is 0 Å². The highest BCUT2D eigenvalue weighted by Crippen LogP contribution is 2.47. The van der Waals surface area contributed by atoms with Gasteiger partial charge in [0.05, 0.1) is 5.60 Å². The van der Waals surface area contributed by atoms with E-state index in [0.717, 1.165) is 19.1 Å². The number of hydrogen-bond acceptors (Lipinski definition) is 2. The van der Waals surface area contributed by atoms with E-state index in [0.29, 0.717) is 5.41 Å². The van der Waals surface area contributed by atoms with Crippen LogP contribution in [0.3, 0.4) is 0 Å². The highest BCUT2D eigenvalue weighted by atomic mass is 16.5. The summed E-state index contributed by atoms with van der Waals surface area (Å²) in [4.78, 5) is 0. The van der Waals surface area contributed by atoms with E-state index in [1.807, 2.05) is 0 Å². The zero-order chi connectivity index (χ0) is 13.1. The second-order valence-electron chi connectivity index (χ2n) is 7.12. The molecule has 2 nitrogen and oxygen atoms in total. The van der Waals surface area contributed by atoms with Crippen molar-refractivity contribution < 1.29 is 4.74 Å². The lowest BCUT2D eigenvalue weighted by Gasteiger charge is -2.48. The Morgan fingerprint density at radius 3 is 2.61 bits per heavy atom. The largest absolute Gasteiger partial charge is 0.375 e. The zero-order valence-corrected chi connectivity index (χ0v) is 12.6. The van der Waals surface area contributed by atoms with Crippen molar-refractivity contribution in [1.29, 1.82) is 0 Å². The fourth-order valence-electron chi connectivity index (χ4n) is 3.89. The van der Waals surface area contributed by atoms with Crippen LogP contribution in [-0.4, -0.2) is 25.8 Å². The third kappa shape index (κ3) is 3.27. The average molecular weight is 253 g/mol. The monoisotopic (exact) mass is 253 g/mol. The second-order valence-corrected chi connectivity index (χ2v) is 7.12. The van der Waals surface area contributed by atoms with E-state index in [1.54, 1.807) is 0 Å². The molecule has 1 unspecified atom stereocenters. The molecule has 1 saturated carbocycles. The maximum atomic E-state index is 6.22. The molecular weight excluding hydrogens is 222 g/mol. The summed E-state index contributed by atoms with van der Waals surface area (Å²) in [7, 11) is 2.06. The maximum absolute atomic E-state index is 6.22. The molecule has 0 radical (unpaired) electrons. The van der Waals surface area contributed by atoms with Crippen molar-refractivity contribution in [3.63, 3.8) is 0 Å². The van der Waals surface area contributed by atoms with Gasteiger partial charge in [-0.25, -0.2) is 0 Å². The fourth-order valence-corrected chi connectivity index (χ4v) is 3.89. The van der Waals surface area contributed by atoms with Gasteiger partial charge in [0.25, 0.3) is 0 Å². The van der Waals surface area contributed by atoms with E-state index in [9.17, 15) is 0 Å². The van der Waals surface area contributed by atoms with E-state index in [1.165, 1.54) is 51.4 Å². The molecule has 0 aromatic heterocycles. The topological polar surface area (TPSA) is 21.3 Å². The molecule has 0 bridgehead atoms. The molecule has 1 atom stereocenters. The Labute approximate surface area is 113 Å². The van der Waals surface area contributed by atoms with Gasteiger partial charge in [-0.2, -0.15) is 0 Å². The summed E-state index contributed by atoms with van der Waals surface area (Å²) in [5, 5.41) is 3.30. The predicted molar refractivity (Wildman–Crippen MR) is 76.8 cm³/mol. The molecule has 1 N–H and O–H groups in total. The third-order valence-electron chi connectivity index (χ3n) is 5.38.